The van der Waals surface area contributed by atoms with Gasteiger partial charge < -0.3 is 9.73 Å². The van der Waals surface area contributed by atoms with E-state index in [4.69, 9.17) is 4.42 Å². The van der Waals surface area contributed by atoms with Crippen LogP contribution < -0.4 is 5.32 Å². The Morgan fingerprint density at radius 2 is 2.31 bits per heavy atom. The highest BCUT2D eigenvalue weighted by Crippen LogP contribution is 2.20. The predicted octanol–water partition coefficient (Wildman–Crippen LogP) is 2.68. The van der Waals surface area contributed by atoms with Crippen molar-refractivity contribution in [3.05, 3.63) is 46.6 Å². The second kappa shape index (κ2) is 5.23. The van der Waals surface area contributed by atoms with Crippen LogP contribution in [0, 0.1) is 0 Å². The molecule has 4 nitrogen and oxygen atoms in total. The number of hydrogen-bond donors (Lipinski definition) is 1. The van der Waals surface area contributed by atoms with Crippen LogP contribution in [0.1, 0.15) is 24.4 Å². The van der Waals surface area contributed by atoms with Crippen LogP contribution in [-0.4, -0.2) is 10.2 Å². The molecule has 2 rings (SSSR count). The standard InChI is InChI=1S/C11H12BrN3O/c1-8(10-4-5-11(12)16-10)13-7-9-3-2-6-14-15-9/h2-6,8,13H,7H2,1H3. The molecule has 0 aliphatic carbocycles. The fourth-order valence-corrected chi connectivity index (χ4v) is 1.67. The number of halogens is 1. The average Bonchev–Trinajstić information content (AvgIpc) is 2.74. The van der Waals surface area contributed by atoms with Crippen molar-refractivity contribution in [3.63, 3.8) is 0 Å². The molecule has 1 atom stereocenters. The minimum Gasteiger partial charge on any atom is -0.453 e. The van der Waals surface area contributed by atoms with Crippen molar-refractivity contribution in [2.45, 2.75) is 19.5 Å². The van der Waals surface area contributed by atoms with Gasteiger partial charge in [0, 0.05) is 12.7 Å². The molecular formula is C11H12BrN3O. The third kappa shape index (κ3) is 2.90. The molecular weight excluding hydrogens is 270 g/mol. The highest BCUT2D eigenvalue weighted by molar-refractivity contribution is 9.10. The van der Waals surface area contributed by atoms with E-state index < -0.39 is 0 Å². The minimum atomic E-state index is 0.147. The summed E-state index contributed by atoms with van der Waals surface area (Å²) in [6.07, 6.45) is 1.66. The largest absolute Gasteiger partial charge is 0.453 e. The molecule has 0 radical (unpaired) electrons. The summed E-state index contributed by atoms with van der Waals surface area (Å²) in [7, 11) is 0. The van der Waals surface area contributed by atoms with E-state index in [-0.39, 0.29) is 6.04 Å². The van der Waals surface area contributed by atoms with E-state index in [0.29, 0.717) is 6.54 Å². The Morgan fingerprint density at radius 1 is 1.44 bits per heavy atom. The Balaban J connectivity index is 1.91. The molecule has 2 aromatic heterocycles. The lowest BCUT2D eigenvalue weighted by Crippen LogP contribution is -2.18. The quantitative estimate of drug-likeness (QED) is 0.936. The summed E-state index contributed by atoms with van der Waals surface area (Å²) in [5.74, 6) is 0.899. The first kappa shape index (κ1) is 11.3. The molecule has 1 unspecified atom stereocenters. The van der Waals surface area contributed by atoms with Crippen molar-refractivity contribution in [2.24, 2.45) is 0 Å². The Kier molecular flexibility index (Phi) is 3.69. The molecule has 1 N–H and O–H groups in total. The number of furan rings is 1. The summed E-state index contributed by atoms with van der Waals surface area (Å²) >= 11 is 3.28. The Bertz CT molecular complexity index is 444. The van der Waals surface area contributed by atoms with E-state index in [1.54, 1.807) is 6.20 Å². The van der Waals surface area contributed by atoms with Crippen molar-refractivity contribution >= 4 is 15.9 Å². The van der Waals surface area contributed by atoms with Crippen molar-refractivity contribution in [1.82, 2.24) is 15.5 Å². The molecule has 0 aliphatic rings. The maximum Gasteiger partial charge on any atom is 0.169 e. The lowest BCUT2D eigenvalue weighted by atomic mass is 10.2. The zero-order chi connectivity index (χ0) is 11.4. The van der Waals surface area contributed by atoms with Crippen LogP contribution in [-0.2, 0) is 6.54 Å². The SMILES string of the molecule is CC(NCc1cccnn1)c1ccc(Br)o1. The summed E-state index contributed by atoms with van der Waals surface area (Å²) < 4.78 is 6.20. The summed E-state index contributed by atoms with van der Waals surface area (Å²) in [6, 6.07) is 7.78. The second-order valence-electron chi connectivity index (χ2n) is 3.46. The van der Waals surface area contributed by atoms with Gasteiger partial charge >= 0.3 is 0 Å². The van der Waals surface area contributed by atoms with Gasteiger partial charge in [0.25, 0.3) is 0 Å². The van der Waals surface area contributed by atoms with Crippen LogP contribution in [0.25, 0.3) is 0 Å². The van der Waals surface area contributed by atoms with E-state index in [9.17, 15) is 0 Å². The van der Waals surface area contributed by atoms with E-state index in [1.807, 2.05) is 31.2 Å². The molecule has 0 saturated heterocycles. The van der Waals surface area contributed by atoms with E-state index in [1.165, 1.54) is 0 Å². The summed E-state index contributed by atoms with van der Waals surface area (Å²) in [5.41, 5.74) is 0.917. The fraction of sp³-hybridized carbons (Fsp3) is 0.273. The Labute approximate surface area is 102 Å². The number of aromatic nitrogens is 2. The predicted molar refractivity (Wildman–Crippen MR) is 63.7 cm³/mol. The van der Waals surface area contributed by atoms with Crippen LogP contribution in [0.15, 0.2) is 39.5 Å². The average molecular weight is 282 g/mol. The third-order valence-electron chi connectivity index (χ3n) is 2.24. The van der Waals surface area contributed by atoms with Gasteiger partial charge in [-0.2, -0.15) is 10.2 Å². The summed E-state index contributed by atoms with van der Waals surface area (Å²) in [4.78, 5) is 0. The van der Waals surface area contributed by atoms with Crippen LogP contribution in [0.2, 0.25) is 0 Å². The molecule has 84 valence electrons. The molecule has 0 spiro atoms. The molecule has 0 fully saturated rings. The van der Waals surface area contributed by atoms with Gasteiger partial charge in [0.1, 0.15) is 5.76 Å². The highest BCUT2D eigenvalue weighted by Gasteiger charge is 2.09. The van der Waals surface area contributed by atoms with Crippen LogP contribution >= 0.6 is 15.9 Å². The number of nitrogens with zero attached hydrogens (tertiary/aromatic N) is 2. The zero-order valence-corrected chi connectivity index (χ0v) is 10.4. The second-order valence-corrected chi connectivity index (χ2v) is 4.24. The fourth-order valence-electron chi connectivity index (χ4n) is 1.35. The van der Waals surface area contributed by atoms with Gasteiger partial charge in [-0.1, -0.05) is 0 Å². The van der Waals surface area contributed by atoms with Gasteiger partial charge in [0.15, 0.2) is 4.67 Å². The van der Waals surface area contributed by atoms with Gasteiger partial charge in [-0.15, -0.1) is 0 Å². The van der Waals surface area contributed by atoms with Crippen molar-refractivity contribution in [1.29, 1.82) is 0 Å². The van der Waals surface area contributed by atoms with Crippen molar-refractivity contribution < 1.29 is 4.42 Å². The number of hydrogen-bond acceptors (Lipinski definition) is 4. The lowest BCUT2D eigenvalue weighted by Gasteiger charge is -2.10. The third-order valence-corrected chi connectivity index (χ3v) is 2.66. The van der Waals surface area contributed by atoms with Crippen LogP contribution in [0.3, 0.4) is 0 Å². The topological polar surface area (TPSA) is 51.0 Å². The minimum absolute atomic E-state index is 0.147. The Hall–Kier alpha value is -1.20. The van der Waals surface area contributed by atoms with Gasteiger partial charge in [0.2, 0.25) is 0 Å². The molecule has 0 amide bonds. The number of nitrogens with one attached hydrogen (secondary N) is 1. The van der Waals surface area contributed by atoms with Gasteiger partial charge in [-0.3, -0.25) is 0 Å². The van der Waals surface area contributed by atoms with Crippen LogP contribution in [0.4, 0.5) is 0 Å². The monoisotopic (exact) mass is 281 g/mol. The molecule has 5 heteroatoms. The maximum atomic E-state index is 5.45. The summed E-state index contributed by atoms with van der Waals surface area (Å²) in [6.45, 7) is 2.72. The van der Waals surface area contributed by atoms with Gasteiger partial charge in [-0.25, -0.2) is 0 Å². The molecule has 16 heavy (non-hydrogen) atoms. The molecule has 0 saturated carbocycles. The normalized spacial score (nSPS) is 12.6. The van der Waals surface area contributed by atoms with E-state index >= 15 is 0 Å². The molecule has 0 aliphatic heterocycles. The zero-order valence-electron chi connectivity index (χ0n) is 8.85. The highest BCUT2D eigenvalue weighted by atomic mass is 79.9. The first-order valence-electron chi connectivity index (χ1n) is 5.01. The number of rotatable bonds is 4. The maximum absolute atomic E-state index is 5.45. The van der Waals surface area contributed by atoms with Crippen molar-refractivity contribution in [2.75, 3.05) is 0 Å². The Morgan fingerprint density at radius 3 is 2.94 bits per heavy atom. The molecule has 2 heterocycles. The lowest BCUT2D eigenvalue weighted by molar-refractivity contribution is 0.416. The van der Waals surface area contributed by atoms with Crippen LogP contribution in [0.5, 0.6) is 0 Å². The van der Waals surface area contributed by atoms with E-state index in [0.717, 1.165) is 16.1 Å². The van der Waals surface area contributed by atoms with Gasteiger partial charge in [0.05, 0.1) is 11.7 Å². The smallest absolute Gasteiger partial charge is 0.169 e. The van der Waals surface area contributed by atoms with Crippen molar-refractivity contribution in [3.8, 4) is 0 Å². The molecule has 0 bridgehead atoms. The first-order valence-corrected chi connectivity index (χ1v) is 5.80. The van der Waals surface area contributed by atoms with E-state index in [2.05, 4.69) is 31.4 Å². The first-order chi connectivity index (χ1) is 7.75. The molecule has 2 aromatic rings. The molecule has 0 aromatic carbocycles. The summed E-state index contributed by atoms with van der Waals surface area (Å²) in [5, 5.41) is 11.1. The van der Waals surface area contributed by atoms with Gasteiger partial charge in [-0.05, 0) is 47.1 Å².